The van der Waals surface area contributed by atoms with Crippen LogP contribution in [-0.2, 0) is 11.3 Å². The summed E-state index contributed by atoms with van der Waals surface area (Å²) in [6, 6.07) is 4.73. The second kappa shape index (κ2) is 5.54. The molecule has 4 nitrogen and oxygen atoms in total. The zero-order chi connectivity index (χ0) is 13.1. The van der Waals surface area contributed by atoms with Gasteiger partial charge in [-0.15, -0.1) is 0 Å². The van der Waals surface area contributed by atoms with Gasteiger partial charge in [0, 0.05) is 12.1 Å². The van der Waals surface area contributed by atoms with Crippen LogP contribution in [-0.4, -0.2) is 35.3 Å². The Bertz CT molecular complexity index is 455. The summed E-state index contributed by atoms with van der Waals surface area (Å²) in [4.78, 5) is 12.0. The second-order valence-corrected chi connectivity index (χ2v) is 4.57. The van der Waals surface area contributed by atoms with E-state index >= 15 is 0 Å². The molecule has 1 aromatic carbocycles. The van der Waals surface area contributed by atoms with Gasteiger partial charge in [-0.05, 0) is 12.5 Å². The van der Waals surface area contributed by atoms with Gasteiger partial charge in [0.1, 0.15) is 5.82 Å². The molecular formula is C12H13ClFNO3. The minimum absolute atomic E-state index is 0.0645. The molecule has 0 radical (unpaired) electrons. The topological polar surface area (TPSA) is 49.8 Å². The summed E-state index contributed by atoms with van der Waals surface area (Å²) in [5.41, 5.74) is 0.385. The van der Waals surface area contributed by atoms with Gasteiger partial charge < -0.3 is 14.7 Å². The molecule has 1 amide bonds. The van der Waals surface area contributed by atoms with E-state index in [1.807, 2.05) is 0 Å². The summed E-state index contributed by atoms with van der Waals surface area (Å²) < 4.78 is 19.1. The maximum absolute atomic E-state index is 13.6. The number of carboxylic acid groups (broad SMARTS) is 1. The van der Waals surface area contributed by atoms with E-state index in [1.54, 1.807) is 12.1 Å². The van der Waals surface area contributed by atoms with E-state index in [0.717, 1.165) is 0 Å². The van der Waals surface area contributed by atoms with Crippen molar-refractivity contribution in [3.8, 4) is 0 Å². The number of likely N-dealkylation sites (tertiary alicyclic amines) is 1. The molecule has 0 spiro atoms. The third-order valence-electron chi connectivity index (χ3n) is 2.92. The van der Waals surface area contributed by atoms with E-state index in [9.17, 15) is 9.18 Å². The molecule has 0 saturated carbocycles. The van der Waals surface area contributed by atoms with Crippen molar-refractivity contribution in [1.82, 2.24) is 4.90 Å². The van der Waals surface area contributed by atoms with Crippen molar-refractivity contribution in [3.05, 3.63) is 34.6 Å². The Hall–Kier alpha value is -1.33. The van der Waals surface area contributed by atoms with E-state index < -0.39 is 11.9 Å². The monoisotopic (exact) mass is 273 g/mol. The molecule has 0 aliphatic carbocycles. The highest BCUT2D eigenvalue weighted by atomic mass is 35.5. The summed E-state index contributed by atoms with van der Waals surface area (Å²) >= 11 is 5.66. The van der Waals surface area contributed by atoms with Crippen LogP contribution in [0.5, 0.6) is 0 Å². The molecule has 6 heteroatoms. The fourth-order valence-electron chi connectivity index (χ4n) is 1.91. The lowest BCUT2D eigenvalue weighted by Crippen LogP contribution is -2.28. The van der Waals surface area contributed by atoms with Gasteiger partial charge in [-0.25, -0.2) is 9.18 Å². The number of amides is 1. The van der Waals surface area contributed by atoms with E-state index in [2.05, 4.69) is 0 Å². The van der Waals surface area contributed by atoms with Crippen LogP contribution in [0.25, 0.3) is 0 Å². The van der Waals surface area contributed by atoms with Crippen LogP contribution in [0.1, 0.15) is 12.0 Å². The molecule has 18 heavy (non-hydrogen) atoms. The highest BCUT2D eigenvalue weighted by Crippen LogP contribution is 2.20. The van der Waals surface area contributed by atoms with Gasteiger partial charge in [-0.2, -0.15) is 0 Å². The average molecular weight is 274 g/mol. The lowest BCUT2D eigenvalue weighted by atomic mass is 10.2. The molecule has 1 atom stereocenters. The first-order valence-electron chi connectivity index (χ1n) is 5.60. The lowest BCUT2D eigenvalue weighted by Gasteiger charge is -2.13. The molecule has 1 fully saturated rings. The summed E-state index contributed by atoms with van der Waals surface area (Å²) in [6.45, 7) is 0.889. The number of benzene rings is 1. The summed E-state index contributed by atoms with van der Waals surface area (Å²) in [5.74, 6) is -0.479. The Morgan fingerprint density at radius 1 is 1.61 bits per heavy atom. The van der Waals surface area contributed by atoms with Crippen molar-refractivity contribution in [2.45, 2.75) is 19.1 Å². The second-order valence-electron chi connectivity index (χ2n) is 4.16. The van der Waals surface area contributed by atoms with E-state index in [0.29, 0.717) is 25.1 Å². The minimum atomic E-state index is -0.949. The Kier molecular flexibility index (Phi) is 4.04. The Labute approximate surface area is 109 Å². The standard InChI is InChI=1S/C12H13ClFNO3/c13-10-3-1-2-8(11(10)14)7-18-9-4-5-15(6-9)12(16)17/h1-3,9H,4-7H2,(H,16,17). The summed E-state index contributed by atoms with van der Waals surface area (Å²) in [5, 5.41) is 8.85. The number of hydrogen-bond donors (Lipinski definition) is 1. The lowest BCUT2D eigenvalue weighted by molar-refractivity contribution is 0.0451. The molecule has 1 unspecified atom stereocenters. The van der Waals surface area contributed by atoms with Crippen LogP contribution >= 0.6 is 11.6 Å². The van der Waals surface area contributed by atoms with Gasteiger partial charge in [0.25, 0.3) is 0 Å². The van der Waals surface area contributed by atoms with E-state index in [-0.39, 0.29) is 17.7 Å². The van der Waals surface area contributed by atoms with Crippen molar-refractivity contribution in [2.75, 3.05) is 13.1 Å². The molecule has 0 aromatic heterocycles. The number of hydrogen-bond acceptors (Lipinski definition) is 2. The predicted octanol–water partition coefficient (Wildman–Crippen LogP) is 2.75. The van der Waals surface area contributed by atoms with Gasteiger partial charge in [0.2, 0.25) is 0 Å². The fraction of sp³-hybridized carbons (Fsp3) is 0.417. The van der Waals surface area contributed by atoms with Crippen LogP contribution in [0.3, 0.4) is 0 Å². The highest BCUT2D eigenvalue weighted by molar-refractivity contribution is 6.30. The van der Waals surface area contributed by atoms with Crippen molar-refractivity contribution in [2.24, 2.45) is 0 Å². The van der Waals surface area contributed by atoms with Crippen molar-refractivity contribution >= 4 is 17.7 Å². The zero-order valence-electron chi connectivity index (χ0n) is 9.60. The Balaban J connectivity index is 1.89. The molecule has 0 bridgehead atoms. The van der Waals surface area contributed by atoms with Crippen molar-refractivity contribution in [3.63, 3.8) is 0 Å². The molecule has 98 valence electrons. The van der Waals surface area contributed by atoms with Gasteiger partial charge in [-0.3, -0.25) is 0 Å². The summed E-state index contributed by atoms with van der Waals surface area (Å²) in [6.07, 6.45) is -0.497. The van der Waals surface area contributed by atoms with Gasteiger partial charge in [-0.1, -0.05) is 23.7 Å². The quantitative estimate of drug-likeness (QED) is 0.921. The Morgan fingerprint density at radius 3 is 3.06 bits per heavy atom. The molecule has 1 heterocycles. The number of halogens is 2. The first-order valence-corrected chi connectivity index (χ1v) is 5.98. The maximum Gasteiger partial charge on any atom is 0.407 e. The van der Waals surface area contributed by atoms with Gasteiger partial charge in [0.05, 0.1) is 24.3 Å². The first-order chi connectivity index (χ1) is 8.58. The first kappa shape index (κ1) is 13.1. The molecule has 2 rings (SSSR count). The van der Waals surface area contributed by atoms with Crippen LogP contribution in [0.15, 0.2) is 18.2 Å². The zero-order valence-corrected chi connectivity index (χ0v) is 10.4. The molecule has 1 N–H and O–H groups in total. The fourth-order valence-corrected chi connectivity index (χ4v) is 2.10. The Morgan fingerprint density at radius 2 is 2.39 bits per heavy atom. The third-order valence-corrected chi connectivity index (χ3v) is 3.21. The van der Waals surface area contributed by atoms with Crippen LogP contribution in [0.2, 0.25) is 5.02 Å². The highest BCUT2D eigenvalue weighted by Gasteiger charge is 2.26. The number of carbonyl (C=O) groups is 1. The van der Waals surface area contributed by atoms with Crippen LogP contribution < -0.4 is 0 Å². The van der Waals surface area contributed by atoms with Gasteiger partial charge >= 0.3 is 6.09 Å². The van der Waals surface area contributed by atoms with Crippen molar-refractivity contribution < 1.29 is 19.0 Å². The minimum Gasteiger partial charge on any atom is -0.465 e. The van der Waals surface area contributed by atoms with Crippen molar-refractivity contribution in [1.29, 1.82) is 0 Å². The largest absolute Gasteiger partial charge is 0.465 e. The summed E-state index contributed by atoms with van der Waals surface area (Å²) in [7, 11) is 0. The average Bonchev–Trinajstić information content (AvgIpc) is 2.80. The third kappa shape index (κ3) is 2.91. The van der Waals surface area contributed by atoms with E-state index in [1.165, 1.54) is 11.0 Å². The molecular weight excluding hydrogens is 261 g/mol. The number of ether oxygens (including phenoxy) is 1. The maximum atomic E-state index is 13.6. The smallest absolute Gasteiger partial charge is 0.407 e. The number of nitrogens with zero attached hydrogens (tertiary/aromatic N) is 1. The normalized spacial score (nSPS) is 19.2. The van der Waals surface area contributed by atoms with Crippen LogP contribution in [0.4, 0.5) is 9.18 Å². The number of rotatable bonds is 3. The molecule has 1 aliphatic heterocycles. The SMILES string of the molecule is O=C(O)N1CCC(OCc2cccc(Cl)c2F)C1. The molecule has 1 aliphatic rings. The predicted molar refractivity (Wildman–Crippen MR) is 64.2 cm³/mol. The van der Waals surface area contributed by atoms with Gasteiger partial charge in [0.15, 0.2) is 0 Å². The van der Waals surface area contributed by atoms with E-state index in [4.69, 9.17) is 21.4 Å². The van der Waals surface area contributed by atoms with Crippen LogP contribution in [0, 0.1) is 5.82 Å². The molecule has 1 aromatic rings. The molecule has 1 saturated heterocycles.